The second kappa shape index (κ2) is 6.39. The van der Waals surface area contributed by atoms with Crippen molar-refractivity contribution in [3.63, 3.8) is 0 Å². The fraction of sp³-hybridized carbons (Fsp3) is 0.400. The Morgan fingerprint density at radius 2 is 2.05 bits per heavy atom. The van der Waals surface area contributed by atoms with Gasteiger partial charge in [-0.25, -0.2) is 4.79 Å². The van der Waals surface area contributed by atoms with E-state index in [0.29, 0.717) is 24.9 Å². The molecule has 2 rings (SSSR count). The number of carbonyl (C=O) groups excluding carboxylic acids is 2. The number of carbonyl (C=O) groups is 3. The molecule has 6 nitrogen and oxygen atoms in total. The molecule has 1 aliphatic heterocycles. The van der Waals surface area contributed by atoms with Gasteiger partial charge in [-0.3, -0.25) is 9.59 Å². The van der Waals surface area contributed by atoms with Crippen molar-refractivity contribution in [1.29, 1.82) is 0 Å². The number of hydrogen-bond donors (Lipinski definition) is 2. The van der Waals surface area contributed by atoms with E-state index in [1.54, 1.807) is 12.1 Å². The molecule has 21 heavy (non-hydrogen) atoms. The molecule has 0 saturated carbocycles. The third kappa shape index (κ3) is 3.39. The van der Waals surface area contributed by atoms with Crippen LogP contribution in [0.15, 0.2) is 24.3 Å². The summed E-state index contributed by atoms with van der Waals surface area (Å²) < 4.78 is 0. The van der Waals surface area contributed by atoms with Crippen LogP contribution in [0.25, 0.3) is 0 Å². The second-order valence-corrected chi connectivity index (χ2v) is 5.08. The van der Waals surface area contributed by atoms with E-state index in [0.717, 1.165) is 5.56 Å². The lowest BCUT2D eigenvalue weighted by Gasteiger charge is -2.21. The van der Waals surface area contributed by atoms with Crippen LogP contribution in [0.2, 0.25) is 0 Å². The summed E-state index contributed by atoms with van der Waals surface area (Å²) in [5, 5.41) is 11.6. The van der Waals surface area contributed by atoms with Gasteiger partial charge in [-0.1, -0.05) is 18.2 Å². The highest BCUT2D eigenvalue weighted by Gasteiger charge is 2.33. The molecule has 112 valence electrons. The molecule has 1 aliphatic rings. The molecule has 0 aromatic heterocycles. The first-order valence-corrected chi connectivity index (χ1v) is 6.87. The predicted molar refractivity (Wildman–Crippen MR) is 75.9 cm³/mol. The highest BCUT2D eigenvalue weighted by atomic mass is 16.4. The van der Waals surface area contributed by atoms with Gasteiger partial charge in [0.05, 0.1) is 6.54 Å². The van der Waals surface area contributed by atoms with Crippen LogP contribution in [0.4, 0.5) is 0 Å². The standard InChI is InChI=1S/C15H18N2O4/c1-10-5-2-3-6-11(10)14(19)16-9-13(18)17-8-4-7-12(17)15(20)21/h2-3,5-6,12H,4,7-9H2,1H3,(H,16,19)(H,20,21)/t12-/m1/s1. The van der Waals surface area contributed by atoms with Crippen molar-refractivity contribution < 1.29 is 19.5 Å². The van der Waals surface area contributed by atoms with Crippen molar-refractivity contribution in [1.82, 2.24) is 10.2 Å². The number of rotatable bonds is 4. The summed E-state index contributed by atoms with van der Waals surface area (Å²) in [5.41, 5.74) is 1.34. The molecule has 0 spiro atoms. The van der Waals surface area contributed by atoms with E-state index in [2.05, 4.69) is 5.32 Å². The average Bonchev–Trinajstić information content (AvgIpc) is 2.94. The Hall–Kier alpha value is -2.37. The third-order valence-electron chi connectivity index (χ3n) is 3.65. The average molecular weight is 290 g/mol. The molecule has 1 aromatic rings. The molecule has 0 aliphatic carbocycles. The fourth-order valence-corrected chi connectivity index (χ4v) is 2.50. The van der Waals surface area contributed by atoms with Crippen molar-refractivity contribution in [2.24, 2.45) is 0 Å². The molecular weight excluding hydrogens is 272 g/mol. The van der Waals surface area contributed by atoms with E-state index in [4.69, 9.17) is 5.11 Å². The van der Waals surface area contributed by atoms with Crippen LogP contribution in [-0.2, 0) is 9.59 Å². The molecule has 0 bridgehead atoms. The number of benzene rings is 1. The Morgan fingerprint density at radius 1 is 1.33 bits per heavy atom. The molecule has 2 amide bonds. The van der Waals surface area contributed by atoms with Crippen LogP contribution < -0.4 is 5.32 Å². The number of likely N-dealkylation sites (tertiary alicyclic amines) is 1. The fourth-order valence-electron chi connectivity index (χ4n) is 2.50. The SMILES string of the molecule is Cc1ccccc1C(=O)NCC(=O)N1CCC[C@@H]1C(=O)O. The highest BCUT2D eigenvalue weighted by molar-refractivity contribution is 5.98. The van der Waals surface area contributed by atoms with Crippen molar-refractivity contribution >= 4 is 17.8 Å². The van der Waals surface area contributed by atoms with Gasteiger partial charge < -0.3 is 15.3 Å². The first kappa shape index (κ1) is 15.0. The largest absolute Gasteiger partial charge is 0.480 e. The molecule has 1 atom stereocenters. The van der Waals surface area contributed by atoms with Gasteiger partial charge in [0.1, 0.15) is 6.04 Å². The first-order chi connectivity index (χ1) is 10.0. The van der Waals surface area contributed by atoms with Crippen LogP contribution in [0.5, 0.6) is 0 Å². The predicted octanol–water partition coefficient (Wildman–Crippen LogP) is 0.800. The van der Waals surface area contributed by atoms with Gasteiger partial charge >= 0.3 is 5.97 Å². The smallest absolute Gasteiger partial charge is 0.326 e. The van der Waals surface area contributed by atoms with Crippen LogP contribution in [0.3, 0.4) is 0 Å². The zero-order valence-corrected chi connectivity index (χ0v) is 11.8. The quantitative estimate of drug-likeness (QED) is 0.858. The van der Waals surface area contributed by atoms with Crippen LogP contribution in [0.1, 0.15) is 28.8 Å². The zero-order chi connectivity index (χ0) is 15.4. The monoisotopic (exact) mass is 290 g/mol. The summed E-state index contributed by atoms with van der Waals surface area (Å²) in [6, 6.07) is 6.32. The van der Waals surface area contributed by atoms with E-state index in [9.17, 15) is 14.4 Å². The first-order valence-electron chi connectivity index (χ1n) is 6.87. The maximum Gasteiger partial charge on any atom is 0.326 e. The van der Waals surface area contributed by atoms with Gasteiger partial charge in [0.25, 0.3) is 5.91 Å². The number of nitrogens with one attached hydrogen (secondary N) is 1. The lowest BCUT2D eigenvalue weighted by Crippen LogP contribution is -2.45. The minimum absolute atomic E-state index is 0.184. The van der Waals surface area contributed by atoms with E-state index in [1.165, 1.54) is 4.90 Å². The minimum Gasteiger partial charge on any atom is -0.480 e. The summed E-state index contributed by atoms with van der Waals surface area (Å²) in [5.74, 6) is -1.68. The molecule has 1 saturated heterocycles. The summed E-state index contributed by atoms with van der Waals surface area (Å²) in [6.07, 6.45) is 1.14. The minimum atomic E-state index is -0.994. The maximum absolute atomic E-state index is 12.0. The third-order valence-corrected chi connectivity index (χ3v) is 3.65. The lowest BCUT2D eigenvalue weighted by molar-refractivity contribution is -0.147. The van der Waals surface area contributed by atoms with E-state index < -0.39 is 12.0 Å². The molecule has 2 N–H and O–H groups in total. The van der Waals surface area contributed by atoms with Crippen molar-refractivity contribution in [3.8, 4) is 0 Å². The lowest BCUT2D eigenvalue weighted by atomic mass is 10.1. The van der Waals surface area contributed by atoms with Crippen LogP contribution in [-0.4, -0.2) is 46.9 Å². The molecule has 1 fully saturated rings. The molecule has 6 heteroatoms. The number of carboxylic acids is 1. The van der Waals surface area contributed by atoms with E-state index in [1.807, 2.05) is 19.1 Å². The highest BCUT2D eigenvalue weighted by Crippen LogP contribution is 2.17. The number of aryl methyl sites for hydroxylation is 1. The molecule has 0 unspecified atom stereocenters. The number of carboxylic acid groups (broad SMARTS) is 1. The summed E-state index contributed by atoms with van der Waals surface area (Å²) in [4.78, 5) is 36.4. The van der Waals surface area contributed by atoms with Gasteiger partial charge in [0.2, 0.25) is 5.91 Å². The molecule has 1 heterocycles. The van der Waals surface area contributed by atoms with Crippen molar-refractivity contribution in [2.45, 2.75) is 25.8 Å². The Labute approximate surface area is 122 Å². The Balaban J connectivity index is 1.94. The van der Waals surface area contributed by atoms with Crippen molar-refractivity contribution in [2.75, 3.05) is 13.1 Å². The van der Waals surface area contributed by atoms with E-state index >= 15 is 0 Å². The van der Waals surface area contributed by atoms with Gasteiger partial charge in [-0.2, -0.15) is 0 Å². The van der Waals surface area contributed by atoms with Crippen molar-refractivity contribution in [3.05, 3.63) is 35.4 Å². The van der Waals surface area contributed by atoms with Gasteiger partial charge in [0.15, 0.2) is 0 Å². The molecule has 1 aromatic carbocycles. The van der Waals surface area contributed by atoms with Gasteiger partial charge in [-0.15, -0.1) is 0 Å². The Kier molecular flexibility index (Phi) is 4.57. The summed E-state index contributed by atoms with van der Waals surface area (Å²) in [6.45, 7) is 2.06. The Morgan fingerprint density at radius 3 is 2.71 bits per heavy atom. The van der Waals surface area contributed by atoms with Crippen LogP contribution in [0, 0.1) is 6.92 Å². The summed E-state index contributed by atoms with van der Waals surface area (Å²) in [7, 11) is 0. The number of aliphatic carboxylic acids is 1. The number of amides is 2. The number of nitrogens with zero attached hydrogens (tertiary/aromatic N) is 1. The van der Waals surface area contributed by atoms with Crippen LogP contribution >= 0.6 is 0 Å². The number of hydrogen-bond acceptors (Lipinski definition) is 3. The zero-order valence-electron chi connectivity index (χ0n) is 11.8. The maximum atomic E-state index is 12.0. The second-order valence-electron chi connectivity index (χ2n) is 5.08. The Bertz CT molecular complexity index is 571. The topological polar surface area (TPSA) is 86.7 Å². The molecule has 0 radical (unpaired) electrons. The van der Waals surface area contributed by atoms with E-state index in [-0.39, 0.29) is 18.4 Å². The van der Waals surface area contributed by atoms with Gasteiger partial charge in [0, 0.05) is 12.1 Å². The van der Waals surface area contributed by atoms with Gasteiger partial charge in [-0.05, 0) is 31.4 Å². The summed E-state index contributed by atoms with van der Waals surface area (Å²) >= 11 is 0. The normalized spacial score (nSPS) is 17.6. The molecular formula is C15H18N2O4.